The van der Waals surface area contributed by atoms with Crippen molar-refractivity contribution in [3.63, 3.8) is 0 Å². The van der Waals surface area contributed by atoms with Crippen LogP contribution in [0.3, 0.4) is 0 Å². The van der Waals surface area contributed by atoms with Gasteiger partial charge in [0.05, 0.1) is 5.69 Å². The number of phenolic OH excluding ortho intramolecular Hbond substituents is 1. The van der Waals surface area contributed by atoms with Crippen LogP contribution in [0.5, 0.6) is 5.75 Å². The Morgan fingerprint density at radius 1 is 0.900 bits per heavy atom. The van der Waals surface area contributed by atoms with Gasteiger partial charge >= 0.3 is 0 Å². The molecule has 2 nitrogen and oxygen atoms in total. The molecule has 2 rings (SSSR count). The molecule has 0 spiro atoms. The van der Waals surface area contributed by atoms with Crippen molar-refractivity contribution in [3.05, 3.63) is 60.2 Å². The zero-order valence-electron chi connectivity index (χ0n) is 12.1. The third-order valence-corrected chi connectivity index (χ3v) is 3.52. The molecule has 20 heavy (non-hydrogen) atoms. The van der Waals surface area contributed by atoms with E-state index in [2.05, 4.69) is 36.1 Å². The fourth-order valence-electron chi connectivity index (χ4n) is 2.34. The maximum absolute atomic E-state index is 10.0. The molecule has 2 aromatic rings. The molecule has 0 atom stereocenters. The second-order valence-corrected chi connectivity index (χ2v) is 5.06. The van der Waals surface area contributed by atoms with E-state index in [-0.39, 0.29) is 0 Å². The Hall–Kier alpha value is -1.96. The van der Waals surface area contributed by atoms with E-state index in [1.807, 2.05) is 24.3 Å². The predicted octanol–water partition coefficient (Wildman–Crippen LogP) is 4.24. The summed E-state index contributed by atoms with van der Waals surface area (Å²) in [5.74, 6) is 0.372. The van der Waals surface area contributed by atoms with E-state index in [0.29, 0.717) is 5.75 Å². The maximum Gasteiger partial charge on any atom is 0.138 e. The van der Waals surface area contributed by atoms with Gasteiger partial charge in [-0.05, 0) is 30.5 Å². The first kappa shape index (κ1) is 14.4. The molecule has 0 fully saturated rings. The SMILES string of the molecule is CCCCN(CCc1ccccc1)c1ccccc1O. The highest BCUT2D eigenvalue weighted by atomic mass is 16.3. The summed E-state index contributed by atoms with van der Waals surface area (Å²) in [5, 5.41) is 10.0. The number of para-hydroxylation sites is 2. The van der Waals surface area contributed by atoms with Crippen LogP contribution in [0.15, 0.2) is 54.6 Å². The van der Waals surface area contributed by atoms with Crippen LogP contribution >= 0.6 is 0 Å². The first-order chi connectivity index (χ1) is 9.81. The fourth-order valence-corrected chi connectivity index (χ4v) is 2.34. The average Bonchev–Trinajstić information content (AvgIpc) is 2.49. The minimum Gasteiger partial charge on any atom is -0.506 e. The van der Waals surface area contributed by atoms with Crippen molar-refractivity contribution in [2.75, 3.05) is 18.0 Å². The second-order valence-electron chi connectivity index (χ2n) is 5.06. The van der Waals surface area contributed by atoms with Crippen LogP contribution in [-0.2, 0) is 6.42 Å². The number of anilines is 1. The van der Waals surface area contributed by atoms with E-state index in [0.717, 1.165) is 38.0 Å². The topological polar surface area (TPSA) is 23.5 Å². The van der Waals surface area contributed by atoms with Crippen LogP contribution in [0, 0.1) is 0 Å². The van der Waals surface area contributed by atoms with Crippen molar-refractivity contribution >= 4 is 5.69 Å². The molecule has 2 heteroatoms. The summed E-state index contributed by atoms with van der Waals surface area (Å²) in [6, 6.07) is 18.1. The van der Waals surface area contributed by atoms with Gasteiger partial charge < -0.3 is 10.0 Å². The number of hydrogen-bond donors (Lipinski definition) is 1. The third kappa shape index (κ3) is 4.02. The van der Waals surface area contributed by atoms with Gasteiger partial charge in [0.2, 0.25) is 0 Å². The molecule has 106 valence electrons. The van der Waals surface area contributed by atoms with Gasteiger partial charge in [0.15, 0.2) is 0 Å². The van der Waals surface area contributed by atoms with Gasteiger partial charge in [0.1, 0.15) is 5.75 Å². The lowest BCUT2D eigenvalue weighted by Gasteiger charge is -2.25. The maximum atomic E-state index is 10.0. The Balaban J connectivity index is 2.06. The molecular formula is C18H23NO. The number of rotatable bonds is 7. The quantitative estimate of drug-likeness (QED) is 0.812. The summed E-state index contributed by atoms with van der Waals surface area (Å²) in [6.45, 7) is 4.11. The van der Waals surface area contributed by atoms with Crippen LogP contribution in [0.4, 0.5) is 5.69 Å². The molecule has 0 aliphatic rings. The highest BCUT2D eigenvalue weighted by molar-refractivity contribution is 5.57. The molecule has 0 aliphatic heterocycles. The smallest absolute Gasteiger partial charge is 0.138 e. The lowest BCUT2D eigenvalue weighted by Crippen LogP contribution is -2.27. The number of phenols is 1. The Morgan fingerprint density at radius 2 is 1.60 bits per heavy atom. The summed E-state index contributed by atoms with van der Waals surface area (Å²) in [7, 11) is 0. The monoisotopic (exact) mass is 269 g/mol. The minimum absolute atomic E-state index is 0.372. The summed E-state index contributed by atoms with van der Waals surface area (Å²) in [4.78, 5) is 2.28. The minimum atomic E-state index is 0.372. The van der Waals surface area contributed by atoms with Crippen LogP contribution in [0.1, 0.15) is 25.3 Å². The number of benzene rings is 2. The van der Waals surface area contributed by atoms with Crippen LogP contribution < -0.4 is 4.90 Å². The predicted molar refractivity (Wildman–Crippen MR) is 85.4 cm³/mol. The number of aromatic hydroxyl groups is 1. The average molecular weight is 269 g/mol. The molecule has 0 heterocycles. The van der Waals surface area contributed by atoms with Gasteiger partial charge in [-0.2, -0.15) is 0 Å². The largest absolute Gasteiger partial charge is 0.506 e. The van der Waals surface area contributed by atoms with E-state index in [1.54, 1.807) is 6.07 Å². The number of nitrogens with zero attached hydrogens (tertiary/aromatic N) is 1. The highest BCUT2D eigenvalue weighted by Crippen LogP contribution is 2.26. The van der Waals surface area contributed by atoms with Gasteiger partial charge in [0.25, 0.3) is 0 Å². The normalized spacial score (nSPS) is 10.4. The van der Waals surface area contributed by atoms with E-state index in [4.69, 9.17) is 0 Å². The van der Waals surface area contributed by atoms with E-state index in [9.17, 15) is 5.11 Å². The second kappa shape index (κ2) is 7.59. The van der Waals surface area contributed by atoms with Crippen LogP contribution in [-0.4, -0.2) is 18.2 Å². The third-order valence-electron chi connectivity index (χ3n) is 3.52. The Labute approximate surface area is 121 Å². The molecule has 0 amide bonds. The van der Waals surface area contributed by atoms with Crippen molar-refractivity contribution in [1.82, 2.24) is 0 Å². The van der Waals surface area contributed by atoms with Crippen LogP contribution in [0.25, 0.3) is 0 Å². The Bertz CT molecular complexity index is 510. The van der Waals surface area contributed by atoms with Gasteiger partial charge in [-0.1, -0.05) is 55.8 Å². The summed E-state index contributed by atoms with van der Waals surface area (Å²) in [5.41, 5.74) is 2.28. The molecule has 0 bridgehead atoms. The van der Waals surface area contributed by atoms with E-state index >= 15 is 0 Å². The van der Waals surface area contributed by atoms with Gasteiger partial charge in [-0.15, -0.1) is 0 Å². The molecule has 0 aliphatic carbocycles. The molecule has 2 aromatic carbocycles. The number of hydrogen-bond acceptors (Lipinski definition) is 2. The molecule has 0 unspecified atom stereocenters. The van der Waals surface area contributed by atoms with Crippen molar-refractivity contribution in [1.29, 1.82) is 0 Å². The molecule has 1 N–H and O–H groups in total. The molecule has 0 radical (unpaired) electrons. The molecular weight excluding hydrogens is 246 g/mol. The lowest BCUT2D eigenvalue weighted by atomic mass is 10.1. The van der Waals surface area contributed by atoms with Crippen molar-refractivity contribution in [2.24, 2.45) is 0 Å². The fraction of sp³-hybridized carbons (Fsp3) is 0.333. The number of unbranched alkanes of at least 4 members (excludes halogenated alkanes) is 1. The highest BCUT2D eigenvalue weighted by Gasteiger charge is 2.10. The van der Waals surface area contributed by atoms with Crippen molar-refractivity contribution < 1.29 is 5.11 Å². The Morgan fingerprint density at radius 3 is 2.30 bits per heavy atom. The van der Waals surface area contributed by atoms with Crippen LogP contribution in [0.2, 0.25) is 0 Å². The van der Waals surface area contributed by atoms with Crippen molar-refractivity contribution in [3.8, 4) is 5.75 Å². The Kier molecular flexibility index (Phi) is 5.48. The lowest BCUT2D eigenvalue weighted by molar-refractivity contribution is 0.473. The van der Waals surface area contributed by atoms with Gasteiger partial charge in [-0.3, -0.25) is 0 Å². The van der Waals surface area contributed by atoms with Crippen molar-refractivity contribution in [2.45, 2.75) is 26.2 Å². The van der Waals surface area contributed by atoms with E-state index < -0.39 is 0 Å². The molecule has 0 saturated carbocycles. The summed E-state index contributed by atoms with van der Waals surface area (Å²) >= 11 is 0. The van der Waals surface area contributed by atoms with Gasteiger partial charge in [0, 0.05) is 13.1 Å². The molecule has 0 saturated heterocycles. The zero-order valence-corrected chi connectivity index (χ0v) is 12.1. The first-order valence-corrected chi connectivity index (χ1v) is 7.38. The summed E-state index contributed by atoms with van der Waals surface area (Å²) < 4.78 is 0. The molecule has 0 aromatic heterocycles. The first-order valence-electron chi connectivity index (χ1n) is 7.38. The zero-order chi connectivity index (χ0) is 14.2. The van der Waals surface area contributed by atoms with E-state index in [1.165, 1.54) is 5.56 Å². The summed E-state index contributed by atoms with van der Waals surface area (Å²) in [6.07, 6.45) is 3.30. The van der Waals surface area contributed by atoms with Gasteiger partial charge in [-0.25, -0.2) is 0 Å². The standard InChI is InChI=1S/C18H23NO/c1-2-3-14-19(17-11-7-8-12-18(17)20)15-13-16-9-5-4-6-10-16/h4-12,20H,2-3,13-15H2,1H3.